The summed E-state index contributed by atoms with van der Waals surface area (Å²) in [7, 11) is 1.96. The van der Waals surface area contributed by atoms with Gasteiger partial charge in [0.25, 0.3) is 0 Å². The average molecular weight is 548 g/mol. The molecule has 5 aromatic rings. The Labute approximate surface area is 239 Å². The second-order valence-corrected chi connectivity index (χ2v) is 11.2. The molecule has 0 spiro atoms. The molecule has 202 valence electrons. The quantitative estimate of drug-likeness (QED) is 0.188. The Morgan fingerprint density at radius 1 is 0.850 bits per heavy atom. The van der Waals surface area contributed by atoms with Crippen LogP contribution in [0, 0.1) is 0 Å². The molecule has 0 atom stereocenters. The molecule has 1 aliphatic heterocycles. The first-order valence-electron chi connectivity index (χ1n) is 13.9. The molecule has 0 unspecified atom stereocenters. The Kier molecular flexibility index (Phi) is 7.84. The van der Waals surface area contributed by atoms with Crippen molar-refractivity contribution in [2.24, 2.45) is 5.10 Å². The van der Waals surface area contributed by atoms with Crippen LogP contribution in [0.3, 0.4) is 0 Å². The maximum absolute atomic E-state index is 14.1. The number of fused-ring (bicyclic) bond motifs is 3. The van der Waals surface area contributed by atoms with Gasteiger partial charge in [-0.25, -0.2) is 14.8 Å². The maximum atomic E-state index is 14.1. The van der Waals surface area contributed by atoms with E-state index in [0.717, 1.165) is 58.9 Å². The van der Waals surface area contributed by atoms with Gasteiger partial charge in [0.2, 0.25) is 0 Å². The van der Waals surface area contributed by atoms with Crippen molar-refractivity contribution in [1.29, 1.82) is 0 Å². The number of nitrogens with one attached hydrogen (secondary N) is 1. The van der Waals surface area contributed by atoms with Gasteiger partial charge < -0.3 is 5.32 Å². The van der Waals surface area contributed by atoms with Crippen LogP contribution >= 0.6 is 11.3 Å². The van der Waals surface area contributed by atoms with Gasteiger partial charge in [0.05, 0.1) is 33.2 Å². The zero-order valence-electron chi connectivity index (χ0n) is 22.7. The molecule has 0 saturated heterocycles. The number of para-hydroxylation sites is 2. The number of thiazole rings is 1. The molecule has 4 aromatic carbocycles. The number of hydrazone groups is 1. The minimum atomic E-state index is -0.0833. The molecule has 1 aromatic heterocycles. The number of urea groups is 1. The summed E-state index contributed by atoms with van der Waals surface area (Å²) in [5.41, 5.74) is 4.97. The minimum Gasteiger partial charge on any atom is -0.320 e. The van der Waals surface area contributed by atoms with Gasteiger partial charge in [0.1, 0.15) is 0 Å². The van der Waals surface area contributed by atoms with E-state index in [-0.39, 0.29) is 6.03 Å². The van der Waals surface area contributed by atoms with Gasteiger partial charge in [-0.1, -0.05) is 66.7 Å². The average Bonchev–Trinajstić information content (AvgIpc) is 3.38. The standard InChI is InChI=1S/C33H33N5OS/c1-34-20-8-9-21-38-33(39)37(23-24-16-17-25-10-2-3-11-26(25)22-24)30-14-6-4-12-27(30)28(36-38)18-19-32-35-29-13-5-7-15-31(29)40-32/h2-7,10-17,22,34H,8-9,18-21,23H2,1H3. The second kappa shape index (κ2) is 12.0. The number of benzene rings is 4. The zero-order valence-corrected chi connectivity index (χ0v) is 23.5. The van der Waals surface area contributed by atoms with E-state index < -0.39 is 0 Å². The first-order valence-corrected chi connectivity index (χ1v) is 14.7. The number of nitrogens with zero attached hydrogens (tertiary/aromatic N) is 4. The number of rotatable bonds is 10. The van der Waals surface area contributed by atoms with Gasteiger partial charge in [0, 0.05) is 18.5 Å². The van der Waals surface area contributed by atoms with E-state index in [1.54, 1.807) is 16.3 Å². The summed E-state index contributed by atoms with van der Waals surface area (Å²) in [4.78, 5) is 20.8. The van der Waals surface area contributed by atoms with Gasteiger partial charge in [-0.05, 0) is 73.5 Å². The third-order valence-electron chi connectivity index (χ3n) is 7.31. The van der Waals surface area contributed by atoms with Gasteiger partial charge in [-0.3, -0.25) is 4.90 Å². The van der Waals surface area contributed by atoms with Crippen LogP contribution in [0.15, 0.2) is 96.1 Å². The number of carbonyl (C=O) groups excluding carboxylic acids is 1. The molecule has 7 heteroatoms. The van der Waals surface area contributed by atoms with Crippen LogP contribution in [0.5, 0.6) is 0 Å². The Morgan fingerprint density at radius 2 is 1.65 bits per heavy atom. The first-order chi connectivity index (χ1) is 19.7. The number of hydrogen-bond donors (Lipinski definition) is 1. The Balaban J connectivity index is 1.33. The van der Waals surface area contributed by atoms with Crippen LogP contribution in [0.2, 0.25) is 0 Å². The van der Waals surface area contributed by atoms with E-state index in [2.05, 4.69) is 72.0 Å². The van der Waals surface area contributed by atoms with E-state index >= 15 is 0 Å². The number of amides is 2. The highest BCUT2D eigenvalue weighted by molar-refractivity contribution is 7.18. The van der Waals surface area contributed by atoms with Gasteiger partial charge in [-0.2, -0.15) is 5.10 Å². The number of aryl methyl sites for hydroxylation is 1. The third-order valence-corrected chi connectivity index (χ3v) is 8.41. The smallest absolute Gasteiger partial charge is 0.320 e. The number of carbonyl (C=O) groups is 1. The predicted molar refractivity (Wildman–Crippen MR) is 166 cm³/mol. The lowest BCUT2D eigenvalue weighted by Gasteiger charge is -2.27. The number of unbranched alkanes of at least 4 members (excludes halogenated alkanes) is 1. The molecule has 1 N–H and O–H groups in total. The van der Waals surface area contributed by atoms with E-state index in [4.69, 9.17) is 10.1 Å². The highest BCUT2D eigenvalue weighted by Crippen LogP contribution is 2.31. The highest BCUT2D eigenvalue weighted by atomic mass is 32.1. The molecule has 0 bridgehead atoms. The van der Waals surface area contributed by atoms with Crippen molar-refractivity contribution in [1.82, 2.24) is 15.3 Å². The molecule has 0 fully saturated rings. The summed E-state index contributed by atoms with van der Waals surface area (Å²) in [6.07, 6.45) is 3.34. The summed E-state index contributed by atoms with van der Waals surface area (Å²) in [6, 6.07) is 31.1. The normalized spacial score (nSPS) is 13.5. The minimum absolute atomic E-state index is 0.0833. The Bertz CT molecular complexity index is 1640. The predicted octanol–water partition coefficient (Wildman–Crippen LogP) is 7.23. The Morgan fingerprint density at radius 3 is 2.52 bits per heavy atom. The molecule has 6 nitrogen and oxygen atoms in total. The third kappa shape index (κ3) is 5.62. The summed E-state index contributed by atoms with van der Waals surface area (Å²) in [5.74, 6) is 0. The molecule has 1 aliphatic rings. The van der Waals surface area contributed by atoms with Crippen molar-refractivity contribution >= 4 is 49.8 Å². The molecule has 40 heavy (non-hydrogen) atoms. The van der Waals surface area contributed by atoms with Crippen molar-refractivity contribution in [2.45, 2.75) is 32.2 Å². The molecule has 0 saturated carbocycles. The van der Waals surface area contributed by atoms with Crippen LogP contribution in [-0.2, 0) is 13.0 Å². The van der Waals surface area contributed by atoms with Gasteiger partial charge in [0.15, 0.2) is 0 Å². The second-order valence-electron chi connectivity index (χ2n) is 10.1. The summed E-state index contributed by atoms with van der Waals surface area (Å²) >= 11 is 1.73. The fourth-order valence-electron chi connectivity index (χ4n) is 5.26. The lowest BCUT2D eigenvalue weighted by atomic mass is 10.0. The van der Waals surface area contributed by atoms with E-state index in [1.807, 2.05) is 36.2 Å². The van der Waals surface area contributed by atoms with Crippen molar-refractivity contribution in [3.63, 3.8) is 0 Å². The fraction of sp³-hybridized carbons (Fsp3) is 0.242. The van der Waals surface area contributed by atoms with Crippen molar-refractivity contribution in [3.8, 4) is 0 Å². The number of anilines is 1. The fourth-order valence-corrected chi connectivity index (χ4v) is 6.22. The lowest BCUT2D eigenvalue weighted by molar-refractivity contribution is 0.206. The summed E-state index contributed by atoms with van der Waals surface area (Å²) in [6.45, 7) is 1.97. The van der Waals surface area contributed by atoms with Gasteiger partial charge >= 0.3 is 6.03 Å². The maximum Gasteiger partial charge on any atom is 0.345 e. The molecule has 2 heterocycles. The molecular formula is C33H33N5OS. The van der Waals surface area contributed by atoms with Crippen molar-refractivity contribution < 1.29 is 4.79 Å². The summed E-state index contributed by atoms with van der Waals surface area (Å²) in [5, 5.41) is 13.4. The Hall–Kier alpha value is -4.07. The van der Waals surface area contributed by atoms with Crippen LogP contribution in [0.1, 0.15) is 35.4 Å². The van der Waals surface area contributed by atoms with Gasteiger partial charge in [-0.15, -0.1) is 11.3 Å². The van der Waals surface area contributed by atoms with Crippen LogP contribution in [0.25, 0.3) is 21.0 Å². The monoisotopic (exact) mass is 547 g/mol. The molecule has 6 rings (SSSR count). The lowest BCUT2D eigenvalue weighted by Crippen LogP contribution is -2.40. The van der Waals surface area contributed by atoms with Crippen molar-refractivity contribution in [3.05, 3.63) is 107 Å². The van der Waals surface area contributed by atoms with E-state index in [0.29, 0.717) is 19.5 Å². The largest absolute Gasteiger partial charge is 0.345 e. The van der Waals surface area contributed by atoms with E-state index in [9.17, 15) is 4.79 Å². The van der Waals surface area contributed by atoms with Crippen LogP contribution < -0.4 is 10.2 Å². The van der Waals surface area contributed by atoms with Crippen LogP contribution in [-0.4, -0.2) is 41.9 Å². The number of hydrogen-bond acceptors (Lipinski definition) is 5. The first kappa shape index (κ1) is 26.2. The molecular weight excluding hydrogens is 514 g/mol. The van der Waals surface area contributed by atoms with Crippen molar-refractivity contribution in [2.75, 3.05) is 25.0 Å². The van der Waals surface area contributed by atoms with E-state index in [1.165, 1.54) is 15.5 Å². The topological polar surface area (TPSA) is 60.8 Å². The molecule has 2 amide bonds. The molecule has 0 aliphatic carbocycles. The van der Waals surface area contributed by atoms with Crippen LogP contribution in [0.4, 0.5) is 10.5 Å². The molecule has 0 radical (unpaired) electrons. The number of aromatic nitrogens is 1. The SMILES string of the molecule is CNCCCCN1N=C(CCc2nc3ccccc3s2)c2ccccc2N(Cc2ccc3ccccc3c2)C1=O. The highest BCUT2D eigenvalue weighted by Gasteiger charge is 2.29. The zero-order chi connectivity index (χ0) is 27.3. The summed E-state index contributed by atoms with van der Waals surface area (Å²) < 4.78 is 1.20.